The standard InChI is InChI=1S/C14H29NO3/c1-14(2)7-5-6-12(13(14)16)15(8-10-17-3)9-11-18-4/h12-13,16H,5-11H2,1-4H3. The minimum Gasteiger partial charge on any atom is -0.391 e. The van der Waals surface area contributed by atoms with Gasteiger partial charge in [-0.1, -0.05) is 20.3 Å². The van der Waals surface area contributed by atoms with Gasteiger partial charge in [-0.2, -0.15) is 0 Å². The first-order valence-corrected chi connectivity index (χ1v) is 6.93. The molecule has 2 atom stereocenters. The van der Waals surface area contributed by atoms with Crippen molar-refractivity contribution in [1.29, 1.82) is 0 Å². The van der Waals surface area contributed by atoms with Crippen molar-refractivity contribution in [1.82, 2.24) is 4.90 Å². The Balaban J connectivity index is 2.63. The van der Waals surface area contributed by atoms with Crippen molar-refractivity contribution in [2.75, 3.05) is 40.5 Å². The van der Waals surface area contributed by atoms with Crippen LogP contribution in [0.2, 0.25) is 0 Å². The van der Waals surface area contributed by atoms with E-state index in [1.54, 1.807) is 14.2 Å². The number of aliphatic hydroxyl groups excluding tert-OH is 1. The summed E-state index contributed by atoms with van der Waals surface area (Å²) in [5.41, 5.74) is 0.0152. The lowest BCUT2D eigenvalue weighted by molar-refractivity contribution is -0.0654. The average Bonchev–Trinajstić information content (AvgIpc) is 2.34. The summed E-state index contributed by atoms with van der Waals surface area (Å²) in [6, 6.07) is 0.235. The second kappa shape index (κ2) is 7.43. The molecule has 2 unspecified atom stereocenters. The third kappa shape index (κ3) is 4.19. The van der Waals surface area contributed by atoms with Gasteiger partial charge in [-0.25, -0.2) is 0 Å². The molecule has 0 radical (unpaired) electrons. The molecular weight excluding hydrogens is 230 g/mol. The van der Waals surface area contributed by atoms with E-state index in [1.165, 1.54) is 6.42 Å². The van der Waals surface area contributed by atoms with Crippen LogP contribution < -0.4 is 0 Å². The van der Waals surface area contributed by atoms with E-state index in [2.05, 4.69) is 18.7 Å². The fourth-order valence-corrected chi connectivity index (χ4v) is 2.84. The molecule has 0 aromatic heterocycles. The highest BCUT2D eigenvalue weighted by Gasteiger charge is 2.40. The number of methoxy groups -OCH3 is 2. The van der Waals surface area contributed by atoms with Gasteiger partial charge in [0.15, 0.2) is 0 Å². The van der Waals surface area contributed by atoms with Gasteiger partial charge in [-0.3, -0.25) is 4.90 Å². The molecule has 1 aliphatic rings. The largest absolute Gasteiger partial charge is 0.391 e. The van der Waals surface area contributed by atoms with Crippen LogP contribution in [0.1, 0.15) is 33.1 Å². The Morgan fingerprint density at radius 2 is 1.72 bits per heavy atom. The summed E-state index contributed by atoms with van der Waals surface area (Å²) < 4.78 is 10.3. The molecule has 18 heavy (non-hydrogen) atoms. The van der Waals surface area contributed by atoms with Crippen LogP contribution in [-0.2, 0) is 9.47 Å². The Kier molecular flexibility index (Phi) is 6.57. The van der Waals surface area contributed by atoms with Crippen LogP contribution in [-0.4, -0.2) is 62.7 Å². The Hall–Kier alpha value is -0.160. The summed E-state index contributed by atoms with van der Waals surface area (Å²) in [6.07, 6.45) is 3.09. The van der Waals surface area contributed by atoms with Crippen molar-refractivity contribution in [3.63, 3.8) is 0 Å². The summed E-state index contributed by atoms with van der Waals surface area (Å²) in [6.45, 7) is 7.44. The van der Waals surface area contributed by atoms with Crippen molar-refractivity contribution in [3.8, 4) is 0 Å². The zero-order valence-corrected chi connectivity index (χ0v) is 12.3. The summed E-state index contributed by atoms with van der Waals surface area (Å²) in [5, 5.41) is 10.5. The maximum atomic E-state index is 10.5. The maximum absolute atomic E-state index is 10.5. The molecule has 0 aromatic rings. The predicted octanol–water partition coefficient (Wildman–Crippen LogP) is 1.52. The highest BCUT2D eigenvalue weighted by Crippen LogP contribution is 2.37. The van der Waals surface area contributed by atoms with E-state index in [4.69, 9.17) is 9.47 Å². The molecule has 1 rings (SSSR count). The highest BCUT2D eigenvalue weighted by molar-refractivity contribution is 4.93. The minimum atomic E-state index is -0.264. The Morgan fingerprint density at radius 3 is 2.22 bits per heavy atom. The predicted molar refractivity (Wildman–Crippen MR) is 72.8 cm³/mol. The maximum Gasteiger partial charge on any atom is 0.0746 e. The number of ether oxygens (including phenoxy) is 2. The van der Waals surface area contributed by atoms with Crippen LogP contribution in [0.3, 0.4) is 0 Å². The molecule has 0 amide bonds. The first kappa shape index (κ1) is 15.9. The zero-order chi connectivity index (χ0) is 13.6. The number of hydrogen-bond donors (Lipinski definition) is 1. The van der Waals surface area contributed by atoms with E-state index in [9.17, 15) is 5.11 Å². The molecule has 0 spiro atoms. The summed E-state index contributed by atoms with van der Waals surface area (Å²) in [4.78, 5) is 2.32. The zero-order valence-electron chi connectivity index (χ0n) is 12.3. The van der Waals surface area contributed by atoms with E-state index < -0.39 is 0 Å². The van der Waals surface area contributed by atoms with Crippen molar-refractivity contribution in [2.24, 2.45) is 5.41 Å². The average molecular weight is 259 g/mol. The first-order valence-electron chi connectivity index (χ1n) is 6.93. The number of hydrogen-bond acceptors (Lipinski definition) is 4. The fraction of sp³-hybridized carbons (Fsp3) is 1.00. The Labute approximate surface area is 111 Å². The topological polar surface area (TPSA) is 41.9 Å². The van der Waals surface area contributed by atoms with Crippen molar-refractivity contribution < 1.29 is 14.6 Å². The lowest BCUT2D eigenvalue weighted by Crippen LogP contribution is -2.53. The van der Waals surface area contributed by atoms with E-state index in [0.717, 1.165) is 25.9 Å². The van der Waals surface area contributed by atoms with Gasteiger partial charge in [0.05, 0.1) is 19.3 Å². The third-order valence-corrected chi connectivity index (χ3v) is 4.12. The molecule has 0 aliphatic heterocycles. The molecule has 1 N–H and O–H groups in total. The molecule has 1 saturated carbocycles. The van der Waals surface area contributed by atoms with Gasteiger partial charge in [0.25, 0.3) is 0 Å². The van der Waals surface area contributed by atoms with Crippen LogP contribution in [0.4, 0.5) is 0 Å². The minimum absolute atomic E-state index is 0.0152. The van der Waals surface area contributed by atoms with Gasteiger partial charge in [0.1, 0.15) is 0 Å². The summed E-state index contributed by atoms with van der Waals surface area (Å²) in [7, 11) is 3.44. The lowest BCUT2D eigenvalue weighted by Gasteiger charge is -2.45. The lowest BCUT2D eigenvalue weighted by atomic mass is 9.72. The number of aliphatic hydroxyl groups is 1. The number of nitrogens with zero attached hydrogens (tertiary/aromatic N) is 1. The van der Waals surface area contributed by atoms with Gasteiger partial charge in [-0.15, -0.1) is 0 Å². The third-order valence-electron chi connectivity index (χ3n) is 4.12. The van der Waals surface area contributed by atoms with Crippen LogP contribution in [0.25, 0.3) is 0 Å². The van der Waals surface area contributed by atoms with Gasteiger partial charge < -0.3 is 14.6 Å². The van der Waals surface area contributed by atoms with E-state index in [0.29, 0.717) is 13.2 Å². The van der Waals surface area contributed by atoms with Crippen molar-refractivity contribution in [3.05, 3.63) is 0 Å². The van der Waals surface area contributed by atoms with Gasteiger partial charge in [0.2, 0.25) is 0 Å². The Morgan fingerprint density at radius 1 is 1.17 bits per heavy atom. The fourth-order valence-electron chi connectivity index (χ4n) is 2.84. The second-order valence-corrected chi connectivity index (χ2v) is 5.91. The molecule has 4 nitrogen and oxygen atoms in total. The van der Waals surface area contributed by atoms with Gasteiger partial charge >= 0.3 is 0 Å². The molecule has 0 heterocycles. The highest BCUT2D eigenvalue weighted by atomic mass is 16.5. The van der Waals surface area contributed by atoms with E-state index in [-0.39, 0.29) is 17.6 Å². The van der Waals surface area contributed by atoms with Gasteiger partial charge in [-0.05, 0) is 18.3 Å². The second-order valence-electron chi connectivity index (χ2n) is 5.91. The van der Waals surface area contributed by atoms with Crippen LogP contribution >= 0.6 is 0 Å². The molecule has 1 fully saturated rings. The molecule has 4 heteroatoms. The molecule has 108 valence electrons. The van der Waals surface area contributed by atoms with Crippen LogP contribution in [0, 0.1) is 5.41 Å². The molecular formula is C14H29NO3. The molecule has 0 saturated heterocycles. The van der Waals surface area contributed by atoms with Crippen molar-refractivity contribution in [2.45, 2.75) is 45.3 Å². The SMILES string of the molecule is COCCN(CCOC)C1CCCC(C)(C)C1O. The number of rotatable bonds is 7. The summed E-state index contributed by atoms with van der Waals surface area (Å²) >= 11 is 0. The molecule has 1 aliphatic carbocycles. The first-order chi connectivity index (χ1) is 8.53. The van der Waals surface area contributed by atoms with Crippen LogP contribution in [0.15, 0.2) is 0 Å². The van der Waals surface area contributed by atoms with E-state index >= 15 is 0 Å². The summed E-state index contributed by atoms with van der Waals surface area (Å²) in [5.74, 6) is 0. The normalized spacial score (nSPS) is 27.7. The molecule has 0 aromatic carbocycles. The monoisotopic (exact) mass is 259 g/mol. The van der Waals surface area contributed by atoms with Crippen LogP contribution in [0.5, 0.6) is 0 Å². The smallest absolute Gasteiger partial charge is 0.0746 e. The molecule has 0 bridgehead atoms. The Bertz CT molecular complexity index is 225. The van der Waals surface area contributed by atoms with E-state index in [1.807, 2.05) is 0 Å². The van der Waals surface area contributed by atoms with Gasteiger partial charge in [0, 0.05) is 33.4 Å². The van der Waals surface area contributed by atoms with Crippen molar-refractivity contribution >= 4 is 0 Å². The quantitative estimate of drug-likeness (QED) is 0.753.